The number of hydroxylamine groups is 3. The van der Waals surface area contributed by atoms with Crippen molar-refractivity contribution in [1.82, 2.24) is 10.5 Å². The summed E-state index contributed by atoms with van der Waals surface area (Å²) in [5.41, 5.74) is 5.16. The van der Waals surface area contributed by atoms with Crippen LogP contribution in [0.25, 0.3) is 5.70 Å². The number of piperidine rings is 1. The van der Waals surface area contributed by atoms with E-state index in [4.69, 9.17) is 19.1 Å². The van der Waals surface area contributed by atoms with Crippen LogP contribution in [0.5, 0.6) is 17.2 Å². The number of hydrogen-bond acceptors (Lipinski definition) is 7. The van der Waals surface area contributed by atoms with E-state index >= 15 is 0 Å². The van der Waals surface area contributed by atoms with E-state index in [0.29, 0.717) is 37.4 Å². The van der Waals surface area contributed by atoms with Gasteiger partial charge in [0, 0.05) is 24.3 Å². The predicted molar refractivity (Wildman–Crippen MR) is 132 cm³/mol. The second-order valence-corrected chi connectivity index (χ2v) is 8.43. The first-order valence-electron chi connectivity index (χ1n) is 11.5. The average molecular weight is 474 g/mol. The summed E-state index contributed by atoms with van der Waals surface area (Å²) in [4.78, 5) is 23.8. The van der Waals surface area contributed by atoms with Gasteiger partial charge in [0.25, 0.3) is 0 Å². The number of benzene rings is 3. The summed E-state index contributed by atoms with van der Waals surface area (Å²) in [6.07, 6.45) is 2.95. The van der Waals surface area contributed by atoms with Crippen LogP contribution in [0.1, 0.15) is 18.4 Å². The molecule has 2 N–H and O–H groups in total. The predicted octanol–water partition coefficient (Wildman–Crippen LogP) is 5.36. The van der Waals surface area contributed by atoms with Crippen molar-refractivity contribution in [3.05, 3.63) is 90.5 Å². The van der Waals surface area contributed by atoms with E-state index in [1.807, 2.05) is 54.6 Å². The van der Waals surface area contributed by atoms with Crippen LogP contribution in [0.4, 0.5) is 10.5 Å². The molecule has 1 spiro atoms. The molecule has 5 rings (SSSR count). The Labute approximate surface area is 204 Å². The summed E-state index contributed by atoms with van der Waals surface area (Å²) < 4.78 is 11.1. The fourth-order valence-electron chi connectivity index (χ4n) is 4.10. The summed E-state index contributed by atoms with van der Waals surface area (Å²) in [5.74, 6) is 2.23. The van der Waals surface area contributed by atoms with E-state index in [1.165, 1.54) is 0 Å². The number of carbonyl (C=O) groups excluding carboxylic acids is 1. The number of hydrogen-bond donors (Lipinski definition) is 2. The van der Waals surface area contributed by atoms with Crippen LogP contribution < -0.4 is 20.3 Å². The zero-order valence-electron chi connectivity index (χ0n) is 19.4. The standard InChI is InChI=1S/C27H27N3O5/c1-32-24-9-5-6-20(18-24)25-19-27(35-29-25)14-16-30(17-15-27)34-26(31)28-21-10-12-23(13-11-21)33-22-7-3-2-4-8-22/h2-13,18-19,29H,14-17H2,1H3,(H,28,31). The zero-order chi connectivity index (χ0) is 24.1. The number of anilines is 1. The fourth-order valence-corrected chi connectivity index (χ4v) is 4.10. The first kappa shape index (κ1) is 22.8. The number of ether oxygens (including phenoxy) is 2. The summed E-state index contributed by atoms with van der Waals surface area (Å²) in [6, 6.07) is 24.5. The molecule has 2 aliphatic rings. The third-order valence-corrected chi connectivity index (χ3v) is 6.01. The lowest BCUT2D eigenvalue weighted by atomic mass is 9.91. The van der Waals surface area contributed by atoms with E-state index in [9.17, 15) is 4.79 Å². The van der Waals surface area contributed by atoms with Gasteiger partial charge in [0.1, 0.15) is 22.8 Å². The number of methoxy groups -OCH3 is 1. The Morgan fingerprint density at radius 1 is 0.943 bits per heavy atom. The topological polar surface area (TPSA) is 81.3 Å². The Hall–Kier alpha value is -4.01. The largest absolute Gasteiger partial charge is 0.497 e. The smallest absolute Gasteiger partial charge is 0.430 e. The Kier molecular flexibility index (Phi) is 6.56. The number of nitrogens with zero attached hydrogens (tertiary/aromatic N) is 1. The number of rotatable bonds is 6. The highest BCUT2D eigenvalue weighted by Crippen LogP contribution is 2.35. The van der Waals surface area contributed by atoms with Gasteiger partial charge >= 0.3 is 6.09 Å². The summed E-state index contributed by atoms with van der Waals surface area (Å²) in [5, 5.41) is 4.42. The average Bonchev–Trinajstić information content (AvgIpc) is 3.31. The molecule has 0 aromatic heterocycles. The van der Waals surface area contributed by atoms with E-state index in [0.717, 1.165) is 22.8 Å². The van der Waals surface area contributed by atoms with Gasteiger partial charge in [0.2, 0.25) is 0 Å². The van der Waals surface area contributed by atoms with Crippen molar-refractivity contribution < 1.29 is 23.9 Å². The minimum atomic E-state index is -0.532. The van der Waals surface area contributed by atoms with Gasteiger partial charge < -0.3 is 14.3 Å². The van der Waals surface area contributed by atoms with Crippen molar-refractivity contribution in [1.29, 1.82) is 0 Å². The van der Waals surface area contributed by atoms with E-state index in [2.05, 4.69) is 16.9 Å². The second-order valence-electron chi connectivity index (χ2n) is 8.43. The molecule has 35 heavy (non-hydrogen) atoms. The van der Waals surface area contributed by atoms with Crippen molar-refractivity contribution in [3.63, 3.8) is 0 Å². The molecule has 0 radical (unpaired) electrons. The van der Waals surface area contributed by atoms with Crippen molar-refractivity contribution in [2.75, 3.05) is 25.5 Å². The number of nitrogens with one attached hydrogen (secondary N) is 2. The minimum absolute atomic E-state index is 0.427. The maximum absolute atomic E-state index is 12.4. The number of para-hydroxylation sites is 1. The molecule has 2 aliphatic heterocycles. The van der Waals surface area contributed by atoms with Gasteiger partial charge in [0.05, 0.1) is 12.8 Å². The molecule has 0 unspecified atom stereocenters. The molecule has 1 amide bonds. The Balaban J connectivity index is 1.11. The molecular weight excluding hydrogens is 446 g/mol. The molecule has 8 heteroatoms. The Morgan fingerprint density at radius 3 is 2.40 bits per heavy atom. The zero-order valence-corrected chi connectivity index (χ0v) is 19.4. The molecule has 8 nitrogen and oxygen atoms in total. The van der Waals surface area contributed by atoms with Crippen molar-refractivity contribution in [3.8, 4) is 17.2 Å². The summed E-state index contributed by atoms with van der Waals surface area (Å²) >= 11 is 0. The number of amides is 1. The van der Waals surface area contributed by atoms with Crippen LogP contribution in [-0.2, 0) is 9.68 Å². The number of carbonyl (C=O) groups is 1. The molecule has 1 fully saturated rings. The second kappa shape index (κ2) is 10.1. The molecular formula is C27H27N3O5. The van der Waals surface area contributed by atoms with E-state index in [-0.39, 0.29) is 0 Å². The van der Waals surface area contributed by atoms with Gasteiger partial charge in [-0.05, 0) is 67.4 Å². The van der Waals surface area contributed by atoms with Crippen LogP contribution in [-0.4, -0.2) is 37.0 Å². The maximum atomic E-state index is 12.4. The maximum Gasteiger partial charge on any atom is 0.430 e. The van der Waals surface area contributed by atoms with Crippen molar-refractivity contribution >= 4 is 17.5 Å². The molecule has 0 bridgehead atoms. The van der Waals surface area contributed by atoms with E-state index in [1.54, 1.807) is 36.4 Å². The van der Waals surface area contributed by atoms with E-state index < -0.39 is 11.7 Å². The molecule has 3 aromatic rings. The van der Waals surface area contributed by atoms with Crippen molar-refractivity contribution in [2.45, 2.75) is 18.4 Å². The van der Waals surface area contributed by atoms with Crippen LogP contribution in [0, 0.1) is 0 Å². The minimum Gasteiger partial charge on any atom is -0.497 e. The Morgan fingerprint density at radius 2 is 1.66 bits per heavy atom. The lowest BCUT2D eigenvalue weighted by Gasteiger charge is -2.35. The van der Waals surface area contributed by atoms with Gasteiger partial charge in [0.15, 0.2) is 0 Å². The molecule has 3 aromatic carbocycles. The normalized spacial score (nSPS) is 16.8. The van der Waals surface area contributed by atoms with Crippen LogP contribution in [0.15, 0.2) is 84.9 Å². The fraction of sp³-hybridized carbons (Fsp3) is 0.222. The molecule has 180 valence electrons. The quantitative estimate of drug-likeness (QED) is 0.499. The van der Waals surface area contributed by atoms with Gasteiger partial charge in [-0.2, -0.15) is 0 Å². The third-order valence-electron chi connectivity index (χ3n) is 6.01. The molecule has 0 aliphatic carbocycles. The van der Waals surface area contributed by atoms with Crippen LogP contribution >= 0.6 is 0 Å². The lowest BCUT2D eigenvalue weighted by molar-refractivity contribution is -0.153. The van der Waals surface area contributed by atoms with Crippen LogP contribution in [0.3, 0.4) is 0 Å². The van der Waals surface area contributed by atoms with Gasteiger partial charge in [-0.1, -0.05) is 30.3 Å². The Bertz CT molecular complexity index is 1190. The third kappa shape index (κ3) is 5.56. The molecule has 2 heterocycles. The highest BCUT2D eigenvalue weighted by molar-refractivity contribution is 5.84. The lowest BCUT2D eigenvalue weighted by Crippen LogP contribution is -2.45. The molecule has 0 atom stereocenters. The van der Waals surface area contributed by atoms with Crippen molar-refractivity contribution in [2.24, 2.45) is 0 Å². The summed E-state index contributed by atoms with van der Waals surface area (Å²) in [7, 11) is 1.65. The molecule has 0 saturated carbocycles. The monoisotopic (exact) mass is 473 g/mol. The molecule has 1 saturated heterocycles. The van der Waals surface area contributed by atoms with Gasteiger partial charge in [-0.15, -0.1) is 5.06 Å². The highest BCUT2D eigenvalue weighted by atomic mass is 16.7. The van der Waals surface area contributed by atoms with Gasteiger partial charge in [-0.25, -0.2) is 4.79 Å². The SMILES string of the molecule is COc1cccc(C2=CC3(CCN(OC(=O)Nc4ccc(Oc5ccccc5)cc4)CC3)ON2)c1. The summed E-state index contributed by atoms with van der Waals surface area (Å²) in [6.45, 7) is 1.11. The van der Waals surface area contributed by atoms with Gasteiger partial charge in [-0.3, -0.25) is 15.6 Å². The first-order chi connectivity index (χ1) is 17.1. The highest BCUT2D eigenvalue weighted by Gasteiger charge is 2.39. The first-order valence-corrected chi connectivity index (χ1v) is 11.5. The van der Waals surface area contributed by atoms with Crippen LogP contribution in [0.2, 0.25) is 0 Å².